The second-order valence-corrected chi connectivity index (χ2v) is 5.08. The fraction of sp³-hybridized carbons (Fsp3) is 0.0588. The lowest BCUT2D eigenvalue weighted by Gasteiger charge is -2.08. The monoisotopic (exact) mass is 312 g/mol. The van der Waals surface area contributed by atoms with E-state index in [4.69, 9.17) is 16.3 Å². The van der Waals surface area contributed by atoms with Crippen molar-refractivity contribution >= 4 is 17.5 Å². The molecule has 0 aliphatic carbocycles. The molecule has 4 nitrogen and oxygen atoms in total. The normalized spacial score (nSPS) is 10.4. The maximum absolute atomic E-state index is 12.1. The number of carbonyl (C=O) groups excluding carboxylic acids is 1. The number of hydrogen-bond donors (Lipinski definition) is 0. The average molecular weight is 313 g/mol. The molecular weight excluding hydrogens is 300 g/mol. The van der Waals surface area contributed by atoms with Gasteiger partial charge in [-0.2, -0.15) is 5.10 Å². The summed E-state index contributed by atoms with van der Waals surface area (Å²) >= 11 is 6.03. The SMILES string of the molecule is O=C(c1ccc(COc2ccccc2Cl)cc1)n1cccn1. The van der Waals surface area contributed by atoms with Gasteiger partial charge >= 0.3 is 0 Å². The highest BCUT2D eigenvalue weighted by Gasteiger charge is 2.08. The summed E-state index contributed by atoms with van der Waals surface area (Å²) in [7, 11) is 0. The van der Waals surface area contributed by atoms with Gasteiger partial charge in [0.05, 0.1) is 5.02 Å². The van der Waals surface area contributed by atoms with E-state index in [1.807, 2.05) is 30.3 Å². The Labute approximate surface area is 132 Å². The van der Waals surface area contributed by atoms with Crippen molar-refractivity contribution in [3.63, 3.8) is 0 Å². The van der Waals surface area contributed by atoms with Crippen LogP contribution in [0.3, 0.4) is 0 Å². The van der Waals surface area contributed by atoms with Gasteiger partial charge in [0, 0.05) is 18.0 Å². The predicted molar refractivity (Wildman–Crippen MR) is 84.2 cm³/mol. The molecule has 3 aromatic rings. The molecule has 110 valence electrons. The maximum Gasteiger partial charge on any atom is 0.278 e. The third-order valence-corrected chi connectivity index (χ3v) is 3.46. The number of carbonyl (C=O) groups is 1. The van der Waals surface area contributed by atoms with Crippen LogP contribution in [-0.2, 0) is 6.61 Å². The van der Waals surface area contributed by atoms with Gasteiger partial charge in [-0.3, -0.25) is 4.79 Å². The van der Waals surface area contributed by atoms with Crippen LogP contribution in [0.1, 0.15) is 15.9 Å². The summed E-state index contributed by atoms with van der Waals surface area (Å²) in [5, 5.41) is 4.51. The molecule has 0 bridgehead atoms. The molecule has 0 fully saturated rings. The van der Waals surface area contributed by atoms with Crippen molar-refractivity contribution in [3.8, 4) is 5.75 Å². The van der Waals surface area contributed by atoms with E-state index in [1.165, 1.54) is 4.68 Å². The summed E-state index contributed by atoms with van der Waals surface area (Å²) in [6.45, 7) is 0.389. The van der Waals surface area contributed by atoms with Crippen molar-refractivity contribution in [3.05, 3.63) is 83.1 Å². The smallest absolute Gasteiger partial charge is 0.278 e. The molecule has 0 aliphatic heterocycles. The van der Waals surface area contributed by atoms with E-state index < -0.39 is 0 Å². The molecule has 1 heterocycles. The van der Waals surface area contributed by atoms with Gasteiger partial charge in [-0.15, -0.1) is 0 Å². The molecule has 0 unspecified atom stereocenters. The first kappa shape index (κ1) is 14.4. The van der Waals surface area contributed by atoms with Crippen molar-refractivity contribution in [1.29, 1.82) is 0 Å². The summed E-state index contributed by atoms with van der Waals surface area (Å²) in [4.78, 5) is 12.1. The van der Waals surface area contributed by atoms with E-state index in [-0.39, 0.29) is 5.91 Å². The highest BCUT2D eigenvalue weighted by molar-refractivity contribution is 6.32. The minimum atomic E-state index is -0.163. The van der Waals surface area contributed by atoms with E-state index in [1.54, 1.807) is 36.7 Å². The Hall–Kier alpha value is -2.59. The summed E-state index contributed by atoms with van der Waals surface area (Å²) in [6, 6.07) is 16.3. The molecule has 3 rings (SSSR count). The minimum Gasteiger partial charge on any atom is -0.487 e. The molecule has 0 amide bonds. The van der Waals surface area contributed by atoms with Crippen molar-refractivity contribution in [2.75, 3.05) is 0 Å². The van der Waals surface area contributed by atoms with Crippen LogP contribution in [0.4, 0.5) is 0 Å². The van der Waals surface area contributed by atoms with Gasteiger partial charge in [-0.25, -0.2) is 4.68 Å². The number of ether oxygens (including phenoxy) is 1. The van der Waals surface area contributed by atoms with Gasteiger partial charge in [0.2, 0.25) is 0 Å². The van der Waals surface area contributed by atoms with Crippen molar-refractivity contribution < 1.29 is 9.53 Å². The quantitative estimate of drug-likeness (QED) is 0.736. The van der Waals surface area contributed by atoms with E-state index in [9.17, 15) is 4.79 Å². The van der Waals surface area contributed by atoms with Gasteiger partial charge in [0.1, 0.15) is 12.4 Å². The second-order valence-electron chi connectivity index (χ2n) is 4.67. The molecule has 2 aromatic carbocycles. The third-order valence-electron chi connectivity index (χ3n) is 3.14. The molecule has 0 N–H and O–H groups in total. The fourth-order valence-corrected chi connectivity index (χ4v) is 2.18. The first-order valence-corrected chi connectivity index (χ1v) is 7.12. The second kappa shape index (κ2) is 6.45. The van der Waals surface area contributed by atoms with Crippen LogP contribution in [0.5, 0.6) is 5.75 Å². The molecule has 5 heteroatoms. The number of benzene rings is 2. The predicted octanol–water partition coefficient (Wildman–Crippen LogP) is 3.80. The number of rotatable bonds is 4. The van der Waals surface area contributed by atoms with Crippen LogP contribution in [0.15, 0.2) is 67.0 Å². The van der Waals surface area contributed by atoms with Crippen LogP contribution in [0.25, 0.3) is 0 Å². The lowest BCUT2D eigenvalue weighted by molar-refractivity contribution is 0.0945. The van der Waals surface area contributed by atoms with Gasteiger partial charge < -0.3 is 4.74 Å². The molecular formula is C17H13ClN2O2. The molecule has 1 aromatic heterocycles. The summed E-state index contributed by atoms with van der Waals surface area (Å²) < 4.78 is 6.96. The Morgan fingerprint density at radius 2 is 1.86 bits per heavy atom. The molecule has 0 atom stereocenters. The highest BCUT2D eigenvalue weighted by Crippen LogP contribution is 2.24. The van der Waals surface area contributed by atoms with E-state index in [2.05, 4.69) is 5.10 Å². The topological polar surface area (TPSA) is 44.1 Å². The van der Waals surface area contributed by atoms with Crippen LogP contribution < -0.4 is 4.74 Å². The van der Waals surface area contributed by atoms with Gasteiger partial charge in [-0.05, 0) is 35.9 Å². The molecule has 0 saturated carbocycles. The number of nitrogens with zero attached hydrogens (tertiary/aromatic N) is 2. The van der Waals surface area contributed by atoms with E-state index in [0.29, 0.717) is 22.9 Å². The Morgan fingerprint density at radius 1 is 1.09 bits per heavy atom. The van der Waals surface area contributed by atoms with E-state index in [0.717, 1.165) is 5.56 Å². The molecule has 0 spiro atoms. The van der Waals surface area contributed by atoms with Crippen molar-refractivity contribution in [1.82, 2.24) is 9.78 Å². The van der Waals surface area contributed by atoms with Crippen LogP contribution in [-0.4, -0.2) is 15.7 Å². The third kappa shape index (κ3) is 3.18. The molecule has 0 radical (unpaired) electrons. The van der Waals surface area contributed by atoms with Gasteiger partial charge in [-0.1, -0.05) is 35.9 Å². The molecule has 0 aliphatic rings. The zero-order valence-corrected chi connectivity index (χ0v) is 12.4. The first-order valence-electron chi connectivity index (χ1n) is 6.74. The summed E-state index contributed by atoms with van der Waals surface area (Å²) in [6.07, 6.45) is 3.19. The lowest BCUT2D eigenvalue weighted by Crippen LogP contribution is -2.12. The van der Waals surface area contributed by atoms with Gasteiger partial charge in [0.15, 0.2) is 0 Å². The zero-order chi connectivity index (χ0) is 15.4. The minimum absolute atomic E-state index is 0.163. The number of halogens is 1. The Bertz CT molecular complexity index is 768. The van der Waals surface area contributed by atoms with Crippen LogP contribution in [0.2, 0.25) is 5.02 Å². The number of aromatic nitrogens is 2. The molecule has 22 heavy (non-hydrogen) atoms. The highest BCUT2D eigenvalue weighted by atomic mass is 35.5. The van der Waals surface area contributed by atoms with Gasteiger partial charge in [0.25, 0.3) is 5.91 Å². The fourth-order valence-electron chi connectivity index (χ4n) is 1.99. The summed E-state index contributed by atoms with van der Waals surface area (Å²) in [5.74, 6) is 0.476. The Balaban J connectivity index is 1.67. The summed E-state index contributed by atoms with van der Waals surface area (Å²) in [5.41, 5.74) is 1.53. The number of hydrogen-bond acceptors (Lipinski definition) is 3. The zero-order valence-electron chi connectivity index (χ0n) is 11.6. The largest absolute Gasteiger partial charge is 0.487 e. The standard InChI is InChI=1S/C17H13ClN2O2/c18-15-4-1-2-5-16(15)22-12-13-6-8-14(9-7-13)17(21)20-11-3-10-19-20/h1-11H,12H2. The van der Waals surface area contributed by atoms with Crippen molar-refractivity contribution in [2.24, 2.45) is 0 Å². The lowest BCUT2D eigenvalue weighted by atomic mass is 10.1. The first-order chi connectivity index (χ1) is 10.7. The van der Waals surface area contributed by atoms with Crippen molar-refractivity contribution in [2.45, 2.75) is 6.61 Å². The van der Waals surface area contributed by atoms with Crippen LogP contribution >= 0.6 is 11.6 Å². The average Bonchev–Trinajstić information content (AvgIpc) is 3.08. The Morgan fingerprint density at radius 3 is 2.55 bits per heavy atom. The van der Waals surface area contributed by atoms with E-state index >= 15 is 0 Å². The van der Waals surface area contributed by atoms with Crippen LogP contribution in [0, 0.1) is 0 Å². The Kier molecular flexibility index (Phi) is 4.21. The molecule has 0 saturated heterocycles. The number of para-hydroxylation sites is 1. The maximum atomic E-state index is 12.1.